The first-order valence-corrected chi connectivity index (χ1v) is 6.68. The molecule has 0 saturated carbocycles. The second-order valence-corrected chi connectivity index (χ2v) is 5.15. The zero-order chi connectivity index (χ0) is 13.4. The Morgan fingerprint density at radius 3 is 2.47 bits per heavy atom. The van der Waals surface area contributed by atoms with Gasteiger partial charge in [-0.05, 0) is 24.3 Å². The minimum absolute atomic E-state index is 0.694. The second-order valence-electron chi connectivity index (χ2n) is 4.74. The maximum atomic E-state index is 6.33. The Balaban J connectivity index is 2.15. The second kappa shape index (κ2) is 4.67. The van der Waals surface area contributed by atoms with E-state index in [9.17, 15) is 0 Å². The van der Waals surface area contributed by atoms with Gasteiger partial charge in [-0.15, -0.1) is 0 Å². The van der Waals surface area contributed by atoms with Crippen molar-refractivity contribution in [2.75, 3.05) is 35.7 Å². The molecule has 0 aromatic heterocycles. The van der Waals surface area contributed by atoms with Crippen molar-refractivity contribution in [1.29, 1.82) is 0 Å². The molecule has 3 nitrogen and oxygen atoms in total. The number of para-hydroxylation sites is 3. The van der Waals surface area contributed by atoms with Gasteiger partial charge >= 0.3 is 0 Å². The molecule has 0 amide bonds. The fraction of sp³-hybridized carbons (Fsp3) is 0.200. The molecule has 0 aliphatic carbocycles. The molecule has 4 heteroatoms. The molecular formula is C15H16ClN3. The molecule has 2 aromatic rings. The fourth-order valence-electron chi connectivity index (χ4n) is 2.56. The zero-order valence-electron chi connectivity index (χ0n) is 10.8. The first kappa shape index (κ1) is 12.2. The molecule has 0 radical (unpaired) electrons. The monoisotopic (exact) mass is 273 g/mol. The highest BCUT2D eigenvalue weighted by Gasteiger charge is 2.23. The van der Waals surface area contributed by atoms with Gasteiger partial charge in [-0.1, -0.05) is 29.8 Å². The number of nitrogens with zero attached hydrogens (tertiary/aromatic N) is 2. The van der Waals surface area contributed by atoms with Gasteiger partial charge in [-0.25, -0.2) is 0 Å². The molecule has 0 spiro atoms. The SMILES string of the molecule is CN1CCN(c2c(N)cccc2Cl)c2ccccc21. The van der Waals surface area contributed by atoms with Crippen LogP contribution in [0.2, 0.25) is 5.02 Å². The van der Waals surface area contributed by atoms with E-state index in [1.807, 2.05) is 24.3 Å². The van der Waals surface area contributed by atoms with Crippen LogP contribution < -0.4 is 15.5 Å². The lowest BCUT2D eigenvalue weighted by Gasteiger charge is -2.37. The van der Waals surface area contributed by atoms with E-state index < -0.39 is 0 Å². The van der Waals surface area contributed by atoms with Gasteiger partial charge in [0.1, 0.15) is 0 Å². The standard InChI is InChI=1S/C15H16ClN3/c1-18-9-10-19(14-8-3-2-7-13(14)18)15-11(16)5-4-6-12(15)17/h2-8H,9-10,17H2,1H3. The number of rotatable bonds is 1. The van der Waals surface area contributed by atoms with Gasteiger partial charge in [0.15, 0.2) is 0 Å². The van der Waals surface area contributed by atoms with Crippen LogP contribution >= 0.6 is 11.6 Å². The van der Waals surface area contributed by atoms with Gasteiger partial charge in [0.05, 0.1) is 27.8 Å². The van der Waals surface area contributed by atoms with Crippen LogP contribution in [0.3, 0.4) is 0 Å². The largest absolute Gasteiger partial charge is 0.397 e. The molecule has 0 bridgehead atoms. The molecule has 0 unspecified atom stereocenters. The summed E-state index contributed by atoms with van der Waals surface area (Å²) in [6.07, 6.45) is 0. The number of halogens is 1. The van der Waals surface area contributed by atoms with Crippen molar-refractivity contribution >= 4 is 34.4 Å². The number of benzene rings is 2. The summed E-state index contributed by atoms with van der Waals surface area (Å²) in [6.45, 7) is 1.82. The number of likely N-dealkylation sites (N-methyl/N-ethyl adjacent to an activating group) is 1. The van der Waals surface area contributed by atoms with E-state index in [0.29, 0.717) is 10.7 Å². The fourth-order valence-corrected chi connectivity index (χ4v) is 2.84. The average molecular weight is 274 g/mol. The Morgan fingerprint density at radius 1 is 1.00 bits per heavy atom. The van der Waals surface area contributed by atoms with Crippen molar-refractivity contribution < 1.29 is 0 Å². The highest BCUT2D eigenvalue weighted by molar-refractivity contribution is 6.34. The molecule has 0 fully saturated rings. The number of hydrogen-bond donors (Lipinski definition) is 1. The van der Waals surface area contributed by atoms with E-state index in [-0.39, 0.29) is 0 Å². The topological polar surface area (TPSA) is 32.5 Å². The Kier molecular flexibility index (Phi) is 2.99. The minimum atomic E-state index is 0.694. The van der Waals surface area contributed by atoms with E-state index in [1.54, 1.807) is 0 Å². The summed E-state index contributed by atoms with van der Waals surface area (Å²) in [7, 11) is 2.10. The quantitative estimate of drug-likeness (QED) is 0.807. The molecule has 0 saturated heterocycles. The third-order valence-corrected chi connectivity index (χ3v) is 3.84. The molecule has 98 valence electrons. The van der Waals surface area contributed by atoms with Crippen molar-refractivity contribution in [3.05, 3.63) is 47.5 Å². The molecule has 2 aromatic carbocycles. The Labute approximate surface area is 118 Å². The van der Waals surface area contributed by atoms with E-state index in [1.165, 1.54) is 5.69 Å². The predicted molar refractivity (Wildman–Crippen MR) is 82.6 cm³/mol. The highest BCUT2D eigenvalue weighted by Crippen LogP contribution is 2.42. The van der Waals surface area contributed by atoms with Crippen LogP contribution in [-0.2, 0) is 0 Å². The van der Waals surface area contributed by atoms with E-state index in [4.69, 9.17) is 17.3 Å². The summed E-state index contributed by atoms with van der Waals surface area (Å²) < 4.78 is 0. The van der Waals surface area contributed by atoms with Crippen molar-refractivity contribution in [1.82, 2.24) is 0 Å². The van der Waals surface area contributed by atoms with Crippen molar-refractivity contribution in [3.8, 4) is 0 Å². The average Bonchev–Trinajstić information content (AvgIpc) is 2.41. The van der Waals surface area contributed by atoms with Gasteiger partial charge in [-0.2, -0.15) is 0 Å². The molecule has 2 N–H and O–H groups in total. The molecule has 1 heterocycles. The van der Waals surface area contributed by atoms with Gasteiger partial charge < -0.3 is 15.5 Å². The maximum Gasteiger partial charge on any atom is 0.0834 e. The minimum Gasteiger partial charge on any atom is -0.397 e. The van der Waals surface area contributed by atoms with Crippen molar-refractivity contribution in [2.24, 2.45) is 0 Å². The molecule has 1 aliphatic heterocycles. The van der Waals surface area contributed by atoms with Crippen molar-refractivity contribution in [3.63, 3.8) is 0 Å². The molecule has 19 heavy (non-hydrogen) atoms. The van der Waals surface area contributed by atoms with Crippen LogP contribution in [0.25, 0.3) is 0 Å². The van der Waals surface area contributed by atoms with Gasteiger partial charge in [0, 0.05) is 20.1 Å². The van der Waals surface area contributed by atoms with Crippen LogP contribution in [0.4, 0.5) is 22.7 Å². The van der Waals surface area contributed by atoms with E-state index >= 15 is 0 Å². The summed E-state index contributed by atoms with van der Waals surface area (Å²) in [5, 5.41) is 0.694. The Hall–Kier alpha value is -1.87. The molecule has 3 rings (SSSR count). The molecule has 0 atom stereocenters. The number of nitrogen functional groups attached to an aromatic ring is 1. The number of nitrogens with two attached hydrogens (primary N) is 1. The summed E-state index contributed by atoms with van der Waals surface area (Å²) in [6, 6.07) is 14.0. The van der Waals surface area contributed by atoms with Crippen LogP contribution in [0.5, 0.6) is 0 Å². The van der Waals surface area contributed by atoms with E-state index in [2.05, 4.69) is 35.0 Å². The first-order valence-electron chi connectivity index (χ1n) is 6.30. The van der Waals surface area contributed by atoms with Crippen molar-refractivity contribution in [2.45, 2.75) is 0 Å². The van der Waals surface area contributed by atoms with Crippen LogP contribution in [-0.4, -0.2) is 20.1 Å². The van der Waals surface area contributed by atoms with Gasteiger partial charge in [-0.3, -0.25) is 0 Å². The number of fused-ring (bicyclic) bond motifs is 1. The molecule has 1 aliphatic rings. The Bertz CT molecular complexity index is 592. The summed E-state index contributed by atoms with van der Waals surface area (Å²) >= 11 is 6.33. The summed E-state index contributed by atoms with van der Waals surface area (Å²) in [5.41, 5.74) is 10.1. The number of anilines is 4. The lowest BCUT2D eigenvalue weighted by atomic mass is 10.1. The van der Waals surface area contributed by atoms with E-state index in [0.717, 1.165) is 24.5 Å². The Morgan fingerprint density at radius 2 is 1.74 bits per heavy atom. The van der Waals surface area contributed by atoms with Gasteiger partial charge in [0.2, 0.25) is 0 Å². The smallest absolute Gasteiger partial charge is 0.0834 e. The van der Waals surface area contributed by atoms with Crippen LogP contribution in [0.15, 0.2) is 42.5 Å². The summed E-state index contributed by atoms with van der Waals surface area (Å²) in [5.74, 6) is 0. The maximum absolute atomic E-state index is 6.33. The van der Waals surface area contributed by atoms with Gasteiger partial charge in [0.25, 0.3) is 0 Å². The normalized spacial score (nSPS) is 14.4. The lowest BCUT2D eigenvalue weighted by Crippen LogP contribution is -2.36. The first-order chi connectivity index (χ1) is 9.18. The molecular weight excluding hydrogens is 258 g/mol. The van der Waals surface area contributed by atoms with Crippen LogP contribution in [0, 0.1) is 0 Å². The summed E-state index contributed by atoms with van der Waals surface area (Å²) in [4.78, 5) is 4.45. The zero-order valence-corrected chi connectivity index (χ0v) is 11.6. The highest BCUT2D eigenvalue weighted by atomic mass is 35.5. The third-order valence-electron chi connectivity index (χ3n) is 3.53. The predicted octanol–water partition coefficient (Wildman–Crippen LogP) is 3.51. The third kappa shape index (κ3) is 2.00. The van der Waals surface area contributed by atoms with Crippen LogP contribution in [0.1, 0.15) is 0 Å². The number of hydrogen-bond acceptors (Lipinski definition) is 3. The lowest BCUT2D eigenvalue weighted by molar-refractivity contribution is 0.823.